The van der Waals surface area contributed by atoms with Gasteiger partial charge >= 0.3 is 0 Å². The van der Waals surface area contributed by atoms with Gasteiger partial charge in [-0.05, 0) is 37.6 Å². The third kappa shape index (κ3) is 3.37. The Balaban J connectivity index is 1.98. The van der Waals surface area contributed by atoms with Crippen LogP contribution in [-0.2, 0) is 11.3 Å². The van der Waals surface area contributed by atoms with Gasteiger partial charge in [-0.2, -0.15) is 0 Å². The van der Waals surface area contributed by atoms with Crippen LogP contribution in [0.3, 0.4) is 0 Å². The zero-order valence-electron chi connectivity index (χ0n) is 10.4. The summed E-state index contributed by atoms with van der Waals surface area (Å²) in [5, 5.41) is 0. The first kappa shape index (κ1) is 12.2. The fraction of sp³-hybridized carbons (Fsp3) is 0.571. The molecule has 92 valence electrons. The normalized spacial score (nSPS) is 21.5. The van der Waals surface area contributed by atoms with Crippen LogP contribution in [0, 0.1) is 0 Å². The summed E-state index contributed by atoms with van der Waals surface area (Å²) in [6, 6.07) is 4.14. The van der Waals surface area contributed by atoms with E-state index in [1.54, 1.807) is 12.4 Å². The smallest absolute Gasteiger partial charge is 0.149 e. The number of rotatable bonds is 3. The van der Waals surface area contributed by atoms with E-state index in [1.165, 1.54) is 18.4 Å². The number of likely N-dealkylation sites (N-methyl/N-ethyl adjacent to an activating group) is 1. The molecule has 0 bridgehead atoms. The minimum atomic E-state index is 0.116. The van der Waals surface area contributed by atoms with Crippen LogP contribution in [0.2, 0.25) is 0 Å². The Bertz CT molecular complexity index is 364. The van der Waals surface area contributed by atoms with Gasteiger partial charge in [0.2, 0.25) is 0 Å². The van der Waals surface area contributed by atoms with Gasteiger partial charge in [0.25, 0.3) is 0 Å². The predicted molar refractivity (Wildman–Crippen MR) is 67.6 cm³/mol. The summed E-state index contributed by atoms with van der Waals surface area (Å²) in [6.07, 6.45) is 8.82. The van der Waals surface area contributed by atoms with E-state index in [0.717, 1.165) is 25.8 Å². The van der Waals surface area contributed by atoms with E-state index >= 15 is 0 Å². The first-order valence-corrected chi connectivity index (χ1v) is 6.39. The van der Waals surface area contributed by atoms with Crippen molar-refractivity contribution in [3.63, 3.8) is 0 Å². The predicted octanol–water partition coefficient (Wildman–Crippen LogP) is 2.42. The largest absolute Gasteiger partial charge is 0.298 e. The zero-order chi connectivity index (χ0) is 12.1. The number of carbonyl (C=O) groups excluding carboxylic acids is 1. The van der Waals surface area contributed by atoms with Crippen molar-refractivity contribution < 1.29 is 4.79 Å². The molecule has 0 spiro atoms. The summed E-state index contributed by atoms with van der Waals surface area (Å²) in [4.78, 5) is 18.2. The van der Waals surface area contributed by atoms with Gasteiger partial charge in [-0.25, -0.2) is 0 Å². The molecule has 3 nitrogen and oxygen atoms in total. The number of carbonyl (C=O) groups is 1. The molecule has 2 rings (SSSR count). The third-order valence-electron chi connectivity index (χ3n) is 3.49. The molecule has 17 heavy (non-hydrogen) atoms. The molecule has 0 amide bonds. The highest BCUT2D eigenvalue weighted by Crippen LogP contribution is 2.19. The van der Waals surface area contributed by atoms with Crippen LogP contribution in [0.4, 0.5) is 0 Å². The van der Waals surface area contributed by atoms with E-state index in [1.807, 2.05) is 19.2 Å². The molecule has 0 N–H and O–H groups in total. The fourth-order valence-electron chi connectivity index (χ4n) is 2.49. The first-order chi connectivity index (χ1) is 8.27. The second kappa shape index (κ2) is 5.92. The Labute approximate surface area is 103 Å². The van der Waals surface area contributed by atoms with E-state index in [9.17, 15) is 4.79 Å². The maximum Gasteiger partial charge on any atom is 0.149 e. The van der Waals surface area contributed by atoms with E-state index < -0.39 is 0 Å². The Morgan fingerprint density at radius 3 is 2.82 bits per heavy atom. The summed E-state index contributed by atoms with van der Waals surface area (Å²) in [5.41, 5.74) is 1.22. The van der Waals surface area contributed by atoms with Gasteiger partial charge in [-0.3, -0.25) is 14.7 Å². The molecule has 1 aromatic rings. The number of hydrogen-bond acceptors (Lipinski definition) is 3. The standard InChI is InChI=1S/C14H20N2O/c1-16(11-12-7-9-15-10-8-12)13-5-3-2-4-6-14(13)17/h7-10,13H,2-6,11H2,1H3. The van der Waals surface area contributed by atoms with Gasteiger partial charge in [-0.1, -0.05) is 12.8 Å². The van der Waals surface area contributed by atoms with Gasteiger partial charge in [0.05, 0.1) is 6.04 Å². The molecule has 3 heteroatoms. The van der Waals surface area contributed by atoms with E-state index in [0.29, 0.717) is 5.78 Å². The molecule has 1 aliphatic carbocycles. The minimum absolute atomic E-state index is 0.116. The summed E-state index contributed by atoms with van der Waals surface area (Å²) >= 11 is 0. The Morgan fingerprint density at radius 2 is 2.06 bits per heavy atom. The van der Waals surface area contributed by atoms with Crippen molar-refractivity contribution in [2.24, 2.45) is 0 Å². The van der Waals surface area contributed by atoms with Gasteiger partial charge in [0.1, 0.15) is 5.78 Å². The molecule has 1 heterocycles. The van der Waals surface area contributed by atoms with Crippen LogP contribution in [0.15, 0.2) is 24.5 Å². The van der Waals surface area contributed by atoms with Crippen molar-refractivity contribution in [2.75, 3.05) is 7.05 Å². The quantitative estimate of drug-likeness (QED) is 0.750. The molecule has 1 aliphatic rings. The highest BCUT2D eigenvalue weighted by atomic mass is 16.1. The second-order valence-corrected chi connectivity index (χ2v) is 4.85. The molecule has 0 radical (unpaired) electrons. The lowest BCUT2D eigenvalue weighted by Crippen LogP contribution is -2.37. The Morgan fingerprint density at radius 1 is 1.29 bits per heavy atom. The molecule has 1 unspecified atom stereocenters. The zero-order valence-corrected chi connectivity index (χ0v) is 10.4. The maximum atomic E-state index is 12.0. The number of aromatic nitrogens is 1. The third-order valence-corrected chi connectivity index (χ3v) is 3.49. The van der Waals surface area contributed by atoms with Crippen molar-refractivity contribution in [3.05, 3.63) is 30.1 Å². The van der Waals surface area contributed by atoms with E-state index in [2.05, 4.69) is 9.88 Å². The molecule has 1 fully saturated rings. The summed E-state index contributed by atoms with van der Waals surface area (Å²) in [6.45, 7) is 0.832. The minimum Gasteiger partial charge on any atom is -0.298 e. The van der Waals surface area contributed by atoms with Crippen molar-refractivity contribution in [2.45, 2.75) is 44.7 Å². The number of nitrogens with zero attached hydrogens (tertiary/aromatic N) is 2. The molecule has 0 saturated heterocycles. The second-order valence-electron chi connectivity index (χ2n) is 4.85. The average molecular weight is 232 g/mol. The topological polar surface area (TPSA) is 33.2 Å². The Hall–Kier alpha value is -1.22. The lowest BCUT2D eigenvalue weighted by atomic mass is 10.1. The lowest BCUT2D eigenvalue weighted by Gasteiger charge is -2.25. The van der Waals surface area contributed by atoms with Gasteiger partial charge in [0.15, 0.2) is 0 Å². The van der Waals surface area contributed by atoms with Gasteiger partial charge in [0, 0.05) is 25.4 Å². The first-order valence-electron chi connectivity index (χ1n) is 6.39. The SMILES string of the molecule is CN(Cc1ccncc1)C1CCCCCC1=O. The van der Waals surface area contributed by atoms with Crippen molar-refractivity contribution in [3.8, 4) is 0 Å². The molecule has 0 aromatic carbocycles. The van der Waals surface area contributed by atoms with Crippen LogP contribution < -0.4 is 0 Å². The van der Waals surface area contributed by atoms with E-state index in [-0.39, 0.29) is 6.04 Å². The van der Waals surface area contributed by atoms with Crippen LogP contribution in [0.25, 0.3) is 0 Å². The van der Waals surface area contributed by atoms with Crippen LogP contribution in [-0.4, -0.2) is 28.8 Å². The fourth-order valence-corrected chi connectivity index (χ4v) is 2.49. The molecule has 1 atom stereocenters. The lowest BCUT2D eigenvalue weighted by molar-refractivity contribution is -0.123. The number of hydrogen-bond donors (Lipinski definition) is 0. The molecule has 0 aliphatic heterocycles. The van der Waals surface area contributed by atoms with Gasteiger partial charge in [-0.15, -0.1) is 0 Å². The van der Waals surface area contributed by atoms with Gasteiger partial charge < -0.3 is 0 Å². The molecular formula is C14H20N2O. The number of pyridine rings is 1. The monoisotopic (exact) mass is 232 g/mol. The number of Topliss-reactive ketones (excluding diaryl/α,β-unsaturated/α-hetero) is 1. The highest BCUT2D eigenvalue weighted by molar-refractivity contribution is 5.84. The highest BCUT2D eigenvalue weighted by Gasteiger charge is 2.24. The van der Waals surface area contributed by atoms with Crippen LogP contribution in [0.5, 0.6) is 0 Å². The summed E-state index contributed by atoms with van der Waals surface area (Å²) < 4.78 is 0. The van der Waals surface area contributed by atoms with Crippen molar-refractivity contribution in [1.82, 2.24) is 9.88 Å². The average Bonchev–Trinajstić information content (AvgIpc) is 2.55. The van der Waals surface area contributed by atoms with Crippen molar-refractivity contribution in [1.29, 1.82) is 0 Å². The maximum absolute atomic E-state index is 12.0. The summed E-state index contributed by atoms with van der Waals surface area (Å²) in [5.74, 6) is 0.416. The van der Waals surface area contributed by atoms with E-state index in [4.69, 9.17) is 0 Å². The Kier molecular flexibility index (Phi) is 4.26. The van der Waals surface area contributed by atoms with Crippen LogP contribution >= 0.6 is 0 Å². The molecule has 1 saturated carbocycles. The number of ketones is 1. The van der Waals surface area contributed by atoms with Crippen molar-refractivity contribution >= 4 is 5.78 Å². The van der Waals surface area contributed by atoms with Crippen LogP contribution in [0.1, 0.15) is 37.7 Å². The molecule has 1 aromatic heterocycles. The summed E-state index contributed by atoms with van der Waals surface area (Å²) in [7, 11) is 2.05. The molecular weight excluding hydrogens is 212 g/mol.